The highest BCUT2D eigenvalue weighted by atomic mass is 16.6. The molecule has 2 bridgehead atoms. The van der Waals surface area contributed by atoms with Crippen LogP contribution in [0.5, 0.6) is 0 Å². The van der Waals surface area contributed by atoms with Gasteiger partial charge in [0.25, 0.3) is 0 Å². The summed E-state index contributed by atoms with van der Waals surface area (Å²) in [5, 5.41) is 13.3. The monoisotopic (exact) mass is 653 g/mol. The van der Waals surface area contributed by atoms with Gasteiger partial charge >= 0.3 is 5.97 Å². The van der Waals surface area contributed by atoms with Crippen LogP contribution in [0.15, 0.2) is 55.6 Å². The molecule has 3 amide bonds. The second-order valence-corrected chi connectivity index (χ2v) is 12.7. The number of allylic oxidation sites excluding steroid dienone is 1. The molecule has 0 radical (unpaired) electrons. The first-order valence-corrected chi connectivity index (χ1v) is 16.9. The molecule has 4 rings (SSSR count). The van der Waals surface area contributed by atoms with Crippen LogP contribution in [0, 0.1) is 11.8 Å². The van der Waals surface area contributed by atoms with Crippen molar-refractivity contribution in [3.8, 4) is 0 Å². The summed E-state index contributed by atoms with van der Waals surface area (Å²) in [4.78, 5) is 59.1. The minimum Gasteiger partial charge on any atom is -0.455 e. The number of aliphatic hydroxyl groups excluding tert-OH is 1. The van der Waals surface area contributed by atoms with Crippen LogP contribution < -0.4 is 5.32 Å². The molecule has 3 heterocycles. The SMILES string of the molecule is C=CCCC(=O)N[C@H](COC)[C@H](OC(=O)[C@@H]1[C@@H]2CC[C@]3(O2)[C@H](C(=O)N(CC=C)CCCC)N([C@@H](CC)CO)C(=O)[C@@H]13)c1ccccc1. The van der Waals surface area contributed by atoms with Crippen LogP contribution in [-0.4, -0.2) is 102 Å². The third-order valence-electron chi connectivity index (χ3n) is 9.77. The lowest BCUT2D eigenvalue weighted by atomic mass is 9.70. The zero-order chi connectivity index (χ0) is 34.1. The van der Waals surface area contributed by atoms with Crippen molar-refractivity contribution in [1.29, 1.82) is 0 Å². The quantitative estimate of drug-likeness (QED) is 0.172. The van der Waals surface area contributed by atoms with Crippen molar-refractivity contribution in [2.75, 3.05) is 33.4 Å². The normalized spacial score (nSPS) is 26.3. The number of methoxy groups -OCH3 is 1. The molecule has 11 nitrogen and oxygen atoms in total. The van der Waals surface area contributed by atoms with Crippen molar-refractivity contribution in [1.82, 2.24) is 15.1 Å². The minimum atomic E-state index is -1.23. The molecule has 1 aromatic rings. The maximum Gasteiger partial charge on any atom is 0.313 e. The smallest absolute Gasteiger partial charge is 0.313 e. The van der Waals surface area contributed by atoms with Gasteiger partial charge in [-0.05, 0) is 37.7 Å². The van der Waals surface area contributed by atoms with E-state index in [-0.39, 0.29) is 37.4 Å². The second-order valence-electron chi connectivity index (χ2n) is 12.7. The van der Waals surface area contributed by atoms with Gasteiger partial charge in [-0.3, -0.25) is 19.2 Å². The molecule has 3 fully saturated rings. The van der Waals surface area contributed by atoms with E-state index in [1.165, 1.54) is 12.0 Å². The summed E-state index contributed by atoms with van der Waals surface area (Å²) in [6.45, 7) is 11.9. The fourth-order valence-electron chi connectivity index (χ4n) is 7.54. The molecule has 1 spiro atoms. The topological polar surface area (TPSA) is 135 Å². The maximum absolute atomic E-state index is 14.4. The summed E-state index contributed by atoms with van der Waals surface area (Å²) in [5.74, 6) is -3.45. The van der Waals surface area contributed by atoms with Crippen LogP contribution in [0.1, 0.15) is 70.5 Å². The fourth-order valence-corrected chi connectivity index (χ4v) is 7.54. The Kier molecular flexibility index (Phi) is 12.8. The number of likely N-dealkylation sites (tertiary alicyclic amines) is 1. The van der Waals surface area contributed by atoms with E-state index in [0.717, 1.165) is 12.8 Å². The highest BCUT2D eigenvalue weighted by molar-refractivity contribution is 5.98. The molecular weight excluding hydrogens is 602 g/mol. The van der Waals surface area contributed by atoms with Gasteiger partial charge in [0.1, 0.15) is 17.7 Å². The van der Waals surface area contributed by atoms with Crippen molar-refractivity contribution in [3.05, 3.63) is 61.2 Å². The highest BCUT2D eigenvalue weighted by Gasteiger charge is 2.75. The lowest BCUT2D eigenvalue weighted by Gasteiger charge is -2.39. The van der Waals surface area contributed by atoms with Crippen molar-refractivity contribution in [2.24, 2.45) is 11.8 Å². The predicted octanol–water partition coefficient (Wildman–Crippen LogP) is 3.33. The van der Waals surface area contributed by atoms with E-state index >= 15 is 0 Å². The molecule has 11 heteroatoms. The Balaban J connectivity index is 1.70. The maximum atomic E-state index is 14.4. The highest BCUT2D eigenvalue weighted by Crippen LogP contribution is 2.59. The number of rotatable bonds is 19. The molecule has 47 heavy (non-hydrogen) atoms. The molecule has 0 unspecified atom stereocenters. The summed E-state index contributed by atoms with van der Waals surface area (Å²) in [5.41, 5.74) is -0.579. The number of hydrogen-bond acceptors (Lipinski definition) is 8. The Morgan fingerprint density at radius 3 is 2.57 bits per heavy atom. The summed E-state index contributed by atoms with van der Waals surface area (Å²) >= 11 is 0. The van der Waals surface area contributed by atoms with Crippen molar-refractivity contribution < 1.29 is 38.5 Å². The Bertz CT molecular complexity index is 1270. The van der Waals surface area contributed by atoms with Crippen LogP contribution in [0.4, 0.5) is 0 Å². The molecule has 3 aliphatic heterocycles. The summed E-state index contributed by atoms with van der Waals surface area (Å²) in [6, 6.07) is 6.76. The average molecular weight is 654 g/mol. The number of nitrogens with zero attached hydrogens (tertiary/aromatic N) is 2. The number of nitrogens with one attached hydrogen (secondary N) is 1. The fraction of sp³-hybridized carbons (Fsp3) is 0.611. The zero-order valence-corrected chi connectivity index (χ0v) is 28.0. The van der Waals surface area contributed by atoms with E-state index in [0.29, 0.717) is 44.3 Å². The van der Waals surface area contributed by atoms with E-state index in [4.69, 9.17) is 14.2 Å². The third-order valence-corrected chi connectivity index (χ3v) is 9.77. The molecule has 8 atom stereocenters. The van der Waals surface area contributed by atoms with Gasteiger partial charge in [0, 0.05) is 26.6 Å². The Morgan fingerprint density at radius 2 is 1.96 bits per heavy atom. The largest absolute Gasteiger partial charge is 0.455 e. The summed E-state index contributed by atoms with van der Waals surface area (Å²) < 4.78 is 18.3. The summed E-state index contributed by atoms with van der Waals surface area (Å²) in [6.07, 6.45) is 5.46. The number of aliphatic hydroxyl groups is 1. The minimum absolute atomic E-state index is 0.0689. The van der Waals surface area contributed by atoms with E-state index in [1.807, 2.05) is 44.2 Å². The van der Waals surface area contributed by atoms with Gasteiger partial charge in [-0.15, -0.1) is 13.2 Å². The number of esters is 1. The zero-order valence-electron chi connectivity index (χ0n) is 28.0. The first-order chi connectivity index (χ1) is 22.7. The number of unbranched alkanes of at least 4 members (excludes halogenated alkanes) is 1. The molecule has 2 N–H and O–H groups in total. The van der Waals surface area contributed by atoms with Crippen LogP contribution in [0.25, 0.3) is 0 Å². The van der Waals surface area contributed by atoms with E-state index in [2.05, 4.69) is 18.5 Å². The van der Waals surface area contributed by atoms with Crippen molar-refractivity contribution >= 4 is 23.7 Å². The lowest BCUT2D eigenvalue weighted by molar-refractivity contribution is -0.163. The van der Waals surface area contributed by atoms with Crippen LogP contribution in [0.2, 0.25) is 0 Å². The van der Waals surface area contributed by atoms with E-state index < -0.39 is 53.7 Å². The molecule has 1 aromatic carbocycles. The lowest BCUT2D eigenvalue weighted by Crippen LogP contribution is -2.58. The van der Waals surface area contributed by atoms with Gasteiger partial charge < -0.3 is 34.4 Å². The van der Waals surface area contributed by atoms with Gasteiger partial charge in [0.2, 0.25) is 17.7 Å². The third kappa shape index (κ3) is 7.32. The first kappa shape index (κ1) is 36.3. The van der Waals surface area contributed by atoms with Crippen LogP contribution in [-0.2, 0) is 33.4 Å². The number of carbonyl (C=O) groups excluding carboxylic acids is 4. The second kappa shape index (κ2) is 16.5. The number of carbonyl (C=O) groups is 4. The van der Waals surface area contributed by atoms with Crippen LogP contribution in [0.3, 0.4) is 0 Å². The number of hydrogen-bond donors (Lipinski definition) is 2. The number of amides is 3. The van der Waals surface area contributed by atoms with Gasteiger partial charge in [-0.2, -0.15) is 0 Å². The Hall–Kier alpha value is -3.54. The first-order valence-electron chi connectivity index (χ1n) is 16.9. The number of fused-ring (bicyclic) bond motifs is 1. The standard InChI is InChI=1S/C36H51N3O8/c1-6-10-17-28(41)37-26(23-45-5)31(24-15-13-12-14-16-24)46-35(44)29-27-18-19-36(47-27)30(29)33(42)39(25(9-4)22-40)32(36)34(43)38(20-8-3)21-11-7-2/h6,8,12-16,25-27,29-32,40H,1,3,7,9-11,17-23H2,2,4-5H3,(H,37,41)/t25-,26+,27-,29+,30+,31+,32-,36+/m0/s1. The summed E-state index contributed by atoms with van der Waals surface area (Å²) in [7, 11) is 1.50. The molecule has 0 saturated carbocycles. The van der Waals surface area contributed by atoms with Gasteiger partial charge in [-0.25, -0.2) is 0 Å². The molecule has 258 valence electrons. The predicted molar refractivity (Wildman–Crippen MR) is 176 cm³/mol. The van der Waals surface area contributed by atoms with Gasteiger partial charge in [-0.1, -0.05) is 62.8 Å². The average Bonchev–Trinajstić information content (AvgIpc) is 3.72. The van der Waals surface area contributed by atoms with Crippen molar-refractivity contribution in [2.45, 2.75) is 94.7 Å². The molecule has 3 saturated heterocycles. The van der Waals surface area contributed by atoms with Gasteiger partial charge in [0.05, 0.1) is 43.2 Å². The molecule has 3 aliphatic rings. The van der Waals surface area contributed by atoms with E-state index in [1.54, 1.807) is 17.1 Å². The number of ether oxygens (including phenoxy) is 3. The van der Waals surface area contributed by atoms with Crippen molar-refractivity contribution in [3.63, 3.8) is 0 Å². The van der Waals surface area contributed by atoms with E-state index in [9.17, 15) is 24.3 Å². The van der Waals surface area contributed by atoms with Gasteiger partial charge in [0.15, 0.2) is 0 Å². The Labute approximate surface area is 278 Å². The Morgan fingerprint density at radius 1 is 1.21 bits per heavy atom. The molecule has 0 aromatic heterocycles. The molecule has 0 aliphatic carbocycles. The number of benzene rings is 1. The molecular formula is C36H51N3O8. The van der Waals surface area contributed by atoms with Crippen LogP contribution >= 0.6 is 0 Å².